The number of pyridine rings is 1. The van der Waals surface area contributed by atoms with Gasteiger partial charge in [0.05, 0.1) is 5.56 Å². The minimum atomic E-state index is -0.539. The summed E-state index contributed by atoms with van der Waals surface area (Å²) < 4.78 is 14.1. The summed E-state index contributed by atoms with van der Waals surface area (Å²) in [4.78, 5) is 15.7. The van der Waals surface area contributed by atoms with Crippen molar-refractivity contribution >= 4 is 21.7 Å². The van der Waals surface area contributed by atoms with Gasteiger partial charge in [-0.2, -0.15) is 0 Å². The fraction of sp³-hybridized carbons (Fsp3) is 0. The minimum Gasteiger partial charge on any atom is -0.288 e. The normalized spacial score (nSPS) is 10.1. The van der Waals surface area contributed by atoms with E-state index in [0.29, 0.717) is 10.0 Å². The van der Waals surface area contributed by atoms with Gasteiger partial charge in [0.2, 0.25) is 0 Å². The van der Waals surface area contributed by atoms with Gasteiger partial charge in [0, 0.05) is 22.4 Å². The average Bonchev–Trinajstić information content (AvgIpc) is 2.29. The highest BCUT2D eigenvalue weighted by atomic mass is 79.9. The molecule has 4 heteroatoms. The first-order valence-corrected chi connectivity index (χ1v) is 5.37. The van der Waals surface area contributed by atoms with E-state index in [0.717, 1.165) is 0 Å². The van der Waals surface area contributed by atoms with Crippen LogP contribution in [0.1, 0.15) is 15.9 Å². The first-order chi connectivity index (χ1) is 7.68. The Morgan fingerprint density at radius 2 is 2.12 bits per heavy atom. The molecule has 80 valence electrons. The van der Waals surface area contributed by atoms with Crippen molar-refractivity contribution in [3.05, 3.63) is 64.1 Å². The highest BCUT2D eigenvalue weighted by Crippen LogP contribution is 2.17. The zero-order chi connectivity index (χ0) is 11.5. The van der Waals surface area contributed by atoms with Crippen LogP contribution in [0, 0.1) is 5.82 Å². The maximum atomic E-state index is 13.5. The Hall–Kier alpha value is -1.55. The summed E-state index contributed by atoms with van der Waals surface area (Å²) in [5.74, 6) is -0.902. The van der Waals surface area contributed by atoms with Gasteiger partial charge in [-0.25, -0.2) is 4.39 Å². The Morgan fingerprint density at radius 1 is 1.31 bits per heavy atom. The van der Waals surface area contributed by atoms with Crippen LogP contribution in [0.3, 0.4) is 0 Å². The second-order valence-electron chi connectivity index (χ2n) is 3.19. The summed E-state index contributed by atoms with van der Waals surface area (Å²) in [6.45, 7) is 0. The third-order valence-electron chi connectivity index (χ3n) is 2.10. The van der Waals surface area contributed by atoms with Gasteiger partial charge in [-0.3, -0.25) is 9.78 Å². The number of aromatic nitrogens is 1. The molecular weight excluding hydrogens is 273 g/mol. The number of rotatable bonds is 2. The summed E-state index contributed by atoms with van der Waals surface area (Å²) in [5, 5.41) is 0. The van der Waals surface area contributed by atoms with Gasteiger partial charge >= 0.3 is 0 Å². The molecule has 2 rings (SSSR count). The number of ketones is 1. The van der Waals surface area contributed by atoms with E-state index in [1.165, 1.54) is 18.3 Å². The van der Waals surface area contributed by atoms with Gasteiger partial charge in [-0.15, -0.1) is 0 Å². The van der Waals surface area contributed by atoms with Gasteiger partial charge in [-0.1, -0.05) is 15.9 Å². The average molecular weight is 280 g/mol. The van der Waals surface area contributed by atoms with Crippen molar-refractivity contribution in [2.75, 3.05) is 0 Å². The van der Waals surface area contributed by atoms with Crippen molar-refractivity contribution in [3.8, 4) is 0 Å². The standard InChI is InChI=1S/C12H7BrFNO/c13-9-3-4-10(11(14)6-9)12(16)8-2-1-5-15-7-8/h1-7H. The monoisotopic (exact) mass is 279 g/mol. The van der Waals surface area contributed by atoms with Crippen LogP contribution in [0.4, 0.5) is 4.39 Å². The van der Waals surface area contributed by atoms with E-state index in [1.54, 1.807) is 24.4 Å². The van der Waals surface area contributed by atoms with Crippen molar-refractivity contribution < 1.29 is 9.18 Å². The van der Waals surface area contributed by atoms with Crippen molar-refractivity contribution in [3.63, 3.8) is 0 Å². The molecule has 0 aliphatic carbocycles. The molecule has 0 saturated heterocycles. The zero-order valence-electron chi connectivity index (χ0n) is 8.15. The summed E-state index contributed by atoms with van der Waals surface area (Å²) >= 11 is 3.14. The molecule has 1 aromatic heterocycles. The van der Waals surface area contributed by atoms with E-state index in [-0.39, 0.29) is 11.3 Å². The second-order valence-corrected chi connectivity index (χ2v) is 4.11. The molecule has 2 nitrogen and oxygen atoms in total. The lowest BCUT2D eigenvalue weighted by atomic mass is 10.0. The molecule has 0 N–H and O–H groups in total. The van der Waals surface area contributed by atoms with E-state index in [4.69, 9.17) is 0 Å². The van der Waals surface area contributed by atoms with Gasteiger partial charge < -0.3 is 0 Å². The molecule has 0 fully saturated rings. The number of benzene rings is 1. The molecule has 0 aliphatic heterocycles. The fourth-order valence-corrected chi connectivity index (χ4v) is 1.66. The summed E-state index contributed by atoms with van der Waals surface area (Å²) in [6, 6.07) is 7.60. The Kier molecular flexibility index (Phi) is 3.10. The van der Waals surface area contributed by atoms with Crippen molar-refractivity contribution in [2.45, 2.75) is 0 Å². The predicted molar refractivity (Wildman–Crippen MR) is 61.8 cm³/mol. The molecule has 0 aliphatic rings. The Morgan fingerprint density at radius 3 is 2.75 bits per heavy atom. The first-order valence-electron chi connectivity index (χ1n) is 4.58. The second kappa shape index (κ2) is 4.53. The largest absolute Gasteiger partial charge is 0.288 e. The van der Waals surface area contributed by atoms with E-state index in [2.05, 4.69) is 20.9 Å². The molecule has 0 saturated carbocycles. The lowest BCUT2D eigenvalue weighted by Gasteiger charge is -2.02. The molecule has 0 radical (unpaired) electrons. The van der Waals surface area contributed by atoms with E-state index >= 15 is 0 Å². The summed E-state index contributed by atoms with van der Waals surface area (Å²) in [6.07, 6.45) is 2.98. The van der Waals surface area contributed by atoms with Gasteiger partial charge in [0.25, 0.3) is 0 Å². The topological polar surface area (TPSA) is 30.0 Å². The highest BCUT2D eigenvalue weighted by Gasteiger charge is 2.13. The molecule has 0 unspecified atom stereocenters. The van der Waals surface area contributed by atoms with Crippen LogP contribution >= 0.6 is 15.9 Å². The Bertz CT molecular complexity index is 528. The van der Waals surface area contributed by atoms with Crippen LogP contribution < -0.4 is 0 Å². The van der Waals surface area contributed by atoms with E-state index < -0.39 is 5.82 Å². The number of hydrogen-bond donors (Lipinski definition) is 0. The van der Waals surface area contributed by atoms with Crippen LogP contribution in [0.2, 0.25) is 0 Å². The first kappa shape index (κ1) is 11.0. The van der Waals surface area contributed by atoms with Gasteiger partial charge in [-0.05, 0) is 30.3 Å². The minimum absolute atomic E-state index is 0.0520. The lowest BCUT2D eigenvalue weighted by Crippen LogP contribution is -2.04. The van der Waals surface area contributed by atoms with Gasteiger partial charge in [0.1, 0.15) is 5.82 Å². The molecule has 1 heterocycles. The number of nitrogens with zero attached hydrogens (tertiary/aromatic N) is 1. The smallest absolute Gasteiger partial charge is 0.197 e. The predicted octanol–water partition coefficient (Wildman–Crippen LogP) is 3.21. The highest BCUT2D eigenvalue weighted by molar-refractivity contribution is 9.10. The zero-order valence-corrected chi connectivity index (χ0v) is 9.74. The number of hydrogen-bond acceptors (Lipinski definition) is 2. The molecule has 0 spiro atoms. The van der Waals surface area contributed by atoms with Crippen molar-refractivity contribution in [1.82, 2.24) is 4.98 Å². The number of carbonyl (C=O) groups is 1. The maximum Gasteiger partial charge on any atom is 0.197 e. The molecule has 1 aromatic carbocycles. The molecule has 0 amide bonds. The summed E-state index contributed by atoms with van der Waals surface area (Å²) in [5.41, 5.74) is 0.430. The van der Waals surface area contributed by atoms with Crippen LogP contribution in [-0.4, -0.2) is 10.8 Å². The number of halogens is 2. The van der Waals surface area contributed by atoms with Crippen LogP contribution in [0.5, 0.6) is 0 Å². The quantitative estimate of drug-likeness (QED) is 0.790. The van der Waals surface area contributed by atoms with Crippen molar-refractivity contribution in [2.24, 2.45) is 0 Å². The SMILES string of the molecule is O=C(c1cccnc1)c1ccc(Br)cc1F. The molecule has 16 heavy (non-hydrogen) atoms. The van der Waals surface area contributed by atoms with Gasteiger partial charge in [0.15, 0.2) is 5.78 Å². The lowest BCUT2D eigenvalue weighted by molar-refractivity contribution is 0.103. The molecule has 0 bridgehead atoms. The Balaban J connectivity index is 2.42. The van der Waals surface area contributed by atoms with Crippen LogP contribution in [0.25, 0.3) is 0 Å². The van der Waals surface area contributed by atoms with Crippen LogP contribution in [-0.2, 0) is 0 Å². The Labute approximate surface area is 100 Å². The third-order valence-corrected chi connectivity index (χ3v) is 2.59. The fourth-order valence-electron chi connectivity index (χ4n) is 1.33. The molecule has 2 aromatic rings. The van der Waals surface area contributed by atoms with E-state index in [1.807, 2.05) is 0 Å². The van der Waals surface area contributed by atoms with Crippen LogP contribution in [0.15, 0.2) is 47.2 Å². The van der Waals surface area contributed by atoms with Crippen molar-refractivity contribution in [1.29, 1.82) is 0 Å². The van der Waals surface area contributed by atoms with E-state index in [9.17, 15) is 9.18 Å². The molecule has 0 atom stereocenters. The maximum absolute atomic E-state index is 13.5. The summed E-state index contributed by atoms with van der Waals surface area (Å²) in [7, 11) is 0. The third kappa shape index (κ3) is 2.17. The number of carbonyl (C=O) groups excluding carboxylic acids is 1. The molecular formula is C12H7BrFNO.